The number of halogens is 1. The Labute approximate surface area is 104 Å². The minimum atomic E-state index is 0.383. The standard InChI is InChI=1S/C14H22ClN/c1-4-5-10-14(16-11(2)3)12-8-6-7-9-13(12)15/h6-9,11,14,16H,4-5,10H2,1-3H3. The third-order valence-corrected chi connectivity index (χ3v) is 3.01. The van der Waals surface area contributed by atoms with Gasteiger partial charge in [0.05, 0.1) is 0 Å². The van der Waals surface area contributed by atoms with Gasteiger partial charge in [0.15, 0.2) is 0 Å². The van der Waals surface area contributed by atoms with Crippen molar-refractivity contribution in [3.8, 4) is 0 Å². The van der Waals surface area contributed by atoms with Crippen LogP contribution in [-0.4, -0.2) is 6.04 Å². The van der Waals surface area contributed by atoms with Crippen molar-refractivity contribution in [2.24, 2.45) is 0 Å². The van der Waals surface area contributed by atoms with E-state index in [1.165, 1.54) is 18.4 Å². The van der Waals surface area contributed by atoms with Crippen LogP contribution in [0.4, 0.5) is 0 Å². The van der Waals surface area contributed by atoms with Crippen molar-refractivity contribution < 1.29 is 0 Å². The summed E-state index contributed by atoms with van der Waals surface area (Å²) in [5.74, 6) is 0. The molecule has 90 valence electrons. The molecule has 0 amide bonds. The molecular weight excluding hydrogens is 218 g/mol. The first-order valence-corrected chi connectivity index (χ1v) is 6.53. The Hall–Kier alpha value is -0.530. The summed E-state index contributed by atoms with van der Waals surface area (Å²) in [6.45, 7) is 6.57. The molecule has 0 spiro atoms. The van der Waals surface area contributed by atoms with E-state index in [0.717, 1.165) is 11.4 Å². The summed E-state index contributed by atoms with van der Waals surface area (Å²) in [5.41, 5.74) is 1.23. The van der Waals surface area contributed by atoms with Crippen molar-refractivity contribution in [3.63, 3.8) is 0 Å². The van der Waals surface area contributed by atoms with Crippen molar-refractivity contribution in [1.29, 1.82) is 0 Å². The Balaban J connectivity index is 2.78. The maximum Gasteiger partial charge on any atom is 0.0453 e. The van der Waals surface area contributed by atoms with Crippen molar-refractivity contribution in [1.82, 2.24) is 5.32 Å². The van der Waals surface area contributed by atoms with E-state index in [9.17, 15) is 0 Å². The lowest BCUT2D eigenvalue weighted by atomic mass is 10.0. The van der Waals surface area contributed by atoms with E-state index in [-0.39, 0.29) is 0 Å². The summed E-state index contributed by atoms with van der Waals surface area (Å²) in [5, 5.41) is 4.46. The van der Waals surface area contributed by atoms with Crippen LogP contribution < -0.4 is 5.32 Å². The monoisotopic (exact) mass is 239 g/mol. The predicted octanol–water partition coefficient (Wildman–Crippen LogP) is 4.57. The minimum absolute atomic E-state index is 0.383. The zero-order valence-electron chi connectivity index (χ0n) is 10.5. The normalized spacial score (nSPS) is 13.1. The van der Waals surface area contributed by atoms with E-state index in [4.69, 9.17) is 11.6 Å². The Bertz CT molecular complexity index is 309. The summed E-state index contributed by atoms with van der Waals surface area (Å²) < 4.78 is 0. The number of rotatable bonds is 6. The summed E-state index contributed by atoms with van der Waals surface area (Å²) in [6, 6.07) is 9.00. The van der Waals surface area contributed by atoms with Crippen LogP contribution in [0, 0.1) is 0 Å². The zero-order chi connectivity index (χ0) is 12.0. The molecule has 0 saturated carbocycles. The number of nitrogens with one attached hydrogen (secondary N) is 1. The highest BCUT2D eigenvalue weighted by atomic mass is 35.5. The topological polar surface area (TPSA) is 12.0 Å². The van der Waals surface area contributed by atoms with Crippen molar-refractivity contribution in [2.45, 2.75) is 52.1 Å². The smallest absolute Gasteiger partial charge is 0.0453 e. The van der Waals surface area contributed by atoms with Crippen molar-refractivity contribution >= 4 is 11.6 Å². The molecule has 1 nitrogen and oxygen atoms in total. The highest BCUT2D eigenvalue weighted by Crippen LogP contribution is 2.26. The van der Waals surface area contributed by atoms with Crippen LogP contribution in [0.2, 0.25) is 5.02 Å². The van der Waals surface area contributed by atoms with Gasteiger partial charge in [-0.05, 0) is 18.1 Å². The number of hydrogen-bond donors (Lipinski definition) is 1. The van der Waals surface area contributed by atoms with Gasteiger partial charge >= 0.3 is 0 Å². The van der Waals surface area contributed by atoms with Gasteiger partial charge in [-0.1, -0.05) is 63.4 Å². The number of benzene rings is 1. The molecule has 2 heteroatoms. The van der Waals surface area contributed by atoms with E-state index >= 15 is 0 Å². The summed E-state index contributed by atoms with van der Waals surface area (Å²) >= 11 is 6.24. The Morgan fingerprint density at radius 3 is 2.50 bits per heavy atom. The van der Waals surface area contributed by atoms with Crippen LogP contribution in [0.15, 0.2) is 24.3 Å². The third kappa shape index (κ3) is 4.15. The molecule has 0 aliphatic heterocycles. The van der Waals surface area contributed by atoms with Gasteiger partial charge in [0.2, 0.25) is 0 Å². The molecule has 1 N–H and O–H groups in total. The van der Waals surface area contributed by atoms with Crippen molar-refractivity contribution in [2.75, 3.05) is 0 Å². The molecule has 1 rings (SSSR count). The third-order valence-electron chi connectivity index (χ3n) is 2.66. The Kier molecular flexibility index (Phi) is 5.86. The van der Waals surface area contributed by atoms with Crippen LogP contribution in [0.25, 0.3) is 0 Å². The lowest BCUT2D eigenvalue weighted by Gasteiger charge is -2.22. The van der Waals surface area contributed by atoms with Gasteiger partial charge in [-0.3, -0.25) is 0 Å². The molecular formula is C14H22ClN. The second-order valence-corrected chi connectivity index (χ2v) is 4.94. The molecule has 0 fully saturated rings. The molecule has 0 aliphatic rings. The summed E-state index contributed by atoms with van der Waals surface area (Å²) in [6.07, 6.45) is 3.61. The fraction of sp³-hybridized carbons (Fsp3) is 0.571. The average Bonchev–Trinajstić information content (AvgIpc) is 2.24. The number of unbranched alkanes of at least 4 members (excludes halogenated alkanes) is 1. The van der Waals surface area contributed by atoms with Crippen LogP contribution >= 0.6 is 11.6 Å². The van der Waals surface area contributed by atoms with Crippen LogP contribution in [0.5, 0.6) is 0 Å². The molecule has 0 saturated heterocycles. The van der Waals surface area contributed by atoms with E-state index < -0.39 is 0 Å². The lowest BCUT2D eigenvalue weighted by Crippen LogP contribution is -2.28. The van der Waals surface area contributed by atoms with Crippen LogP contribution in [0.1, 0.15) is 51.6 Å². The molecule has 0 radical (unpaired) electrons. The molecule has 0 aromatic heterocycles. The highest BCUT2D eigenvalue weighted by Gasteiger charge is 2.14. The van der Waals surface area contributed by atoms with Crippen molar-refractivity contribution in [3.05, 3.63) is 34.9 Å². The van der Waals surface area contributed by atoms with Gasteiger partial charge in [0, 0.05) is 17.1 Å². The largest absolute Gasteiger partial charge is 0.308 e. The SMILES string of the molecule is CCCCC(NC(C)C)c1ccccc1Cl. The summed E-state index contributed by atoms with van der Waals surface area (Å²) in [7, 11) is 0. The average molecular weight is 240 g/mol. The first-order chi connectivity index (χ1) is 7.65. The van der Waals surface area contributed by atoms with Gasteiger partial charge in [-0.15, -0.1) is 0 Å². The quantitative estimate of drug-likeness (QED) is 0.767. The Morgan fingerprint density at radius 2 is 1.94 bits per heavy atom. The molecule has 1 aromatic rings. The van der Waals surface area contributed by atoms with Gasteiger partial charge < -0.3 is 5.32 Å². The van der Waals surface area contributed by atoms with E-state index in [1.807, 2.05) is 12.1 Å². The van der Waals surface area contributed by atoms with Gasteiger partial charge in [0.1, 0.15) is 0 Å². The highest BCUT2D eigenvalue weighted by molar-refractivity contribution is 6.31. The van der Waals surface area contributed by atoms with Gasteiger partial charge in [-0.2, -0.15) is 0 Å². The minimum Gasteiger partial charge on any atom is -0.308 e. The molecule has 1 aromatic carbocycles. The van der Waals surface area contributed by atoms with E-state index in [2.05, 4.69) is 38.2 Å². The Morgan fingerprint density at radius 1 is 1.25 bits per heavy atom. The molecule has 0 aliphatic carbocycles. The summed E-state index contributed by atoms with van der Waals surface area (Å²) in [4.78, 5) is 0. The molecule has 16 heavy (non-hydrogen) atoms. The van der Waals surface area contributed by atoms with E-state index in [1.54, 1.807) is 0 Å². The first kappa shape index (κ1) is 13.5. The molecule has 1 unspecified atom stereocenters. The van der Waals surface area contributed by atoms with Gasteiger partial charge in [0.25, 0.3) is 0 Å². The fourth-order valence-electron chi connectivity index (χ4n) is 1.90. The predicted molar refractivity (Wildman–Crippen MR) is 72.0 cm³/mol. The van der Waals surface area contributed by atoms with Crippen LogP contribution in [-0.2, 0) is 0 Å². The second kappa shape index (κ2) is 6.93. The maximum absolute atomic E-state index is 6.24. The molecule has 0 heterocycles. The molecule has 0 bridgehead atoms. The van der Waals surface area contributed by atoms with Crippen LogP contribution in [0.3, 0.4) is 0 Å². The number of hydrogen-bond acceptors (Lipinski definition) is 1. The first-order valence-electron chi connectivity index (χ1n) is 6.15. The zero-order valence-corrected chi connectivity index (χ0v) is 11.2. The molecule has 1 atom stereocenters. The maximum atomic E-state index is 6.24. The van der Waals surface area contributed by atoms with Gasteiger partial charge in [-0.25, -0.2) is 0 Å². The fourth-order valence-corrected chi connectivity index (χ4v) is 2.16. The lowest BCUT2D eigenvalue weighted by molar-refractivity contribution is 0.440. The van der Waals surface area contributed by atoms with E-state index in [0.29, 0.717) is 12.1 Å². The second-order valence-electron chi connectivity index (χ2n) is 4.54.